The summed E-state index contributed by atoms with van der Waals surface area (Å²) in [6, 6.07) is 0. The zero-order valence-corrected chi connectivity index (χ0v) is 9.65. The third kappa shape index (κ3) is 12.4. The van der Waals surface area contributed by atoms with E-state index in [1.54, 1.807) is 11.8 Å². The van der Waals surface area contributed by atoms with Crippen LogP contribution in [0.5, 0.6) is 0 Å². The van der Waals surface area contributed by atoms with E-state index >= 15 is 0 Å². The minimum absolute atomic E-state index is 0. The van der Waals surface area contributed by atoms with E-state index in [9.17, 15) is 0 Å². The topological polar surface area (TPSA) is 26.0 Å². The summed E-state index contributed by atoms with van der Waals surface area (Å²) in [4.78, 5) is 0. The number of hydrogen-bond donors (Lipinski definition) is 1. The Morgan fingerprint density at radius 2 is 2.22 bits per heavy atom. The number of thiocarbonyl (C=S) groups is 1. The van der Waals surface area contributed by atoms with Crippen molar-refractivity contribution >= 4 is 57.9 Å². The van der Waals surface area contributed by atoms with Gasteiger partial charge in [-0.2, -0.15) is 0 Å². The molecule has 0 atom stereocenters. The first-order chi connectivity index (χ1) is 3.77. The third-order valence-electron chi connectivity index (χ3n) is 0.742. The van der Waals surface area contributed by atoms with E-state index in [2.05, 4.69) is 19.1 Å². The monoisotopic (exact) mass is 172 g/mol. The molecule has 49 valence electrons. The summed E-state index contributed by atoms with van der Waals surface area (Å²) in [5.41, 5.74) is 5.23. The van der Waals surface area contributed by atoms with Crippen LogP contribution in [0.1, 0.15) is 19.8 Å². The number of hydrogen-bond acceptors (Lipinski definition) is 2. The summed E-state index contributed by atoms with van der Waals surface area (Å²) in [6.45, 7) is 2.15. The van der Waals surface area contributed by atoms with Crippen LogP contribution in [0.4, 0.5) is 0 Å². The van der Waals surface area contributed by atoms with Gasteiger partial charge in [0, 0.05) is 35.3 Å². The summed E-state index contributed by atoms with van der Waals surface area (Å²) in [7, 11) is 0. The van der Waals surface area contributed by atoms with Crippen LogP contribution in [0.3, 0.4) is 0 Å². The molecule has 0 fully saturated rings. The average Bonchev–Trinajstić information content (AvgIpc) is 1.66. The van der Waals surface area contributed by atoms with Crippen molar-refractivity contribution in [2.75, 3.05) is 5.75 Å². The predicted octanol–water partition coefficient (Wildman–Crippen LogP) is 1.38. The molecule has 0 unspecified atom stereocenters. The normalized spacial score (nSPS) is 8.11. The van der Waals surface area contributed by atoms with Gasteiger partial charge in [0.2, 0.25) is 0 Å². The van der Waals surface area contributed by atoms with Crippen LogP contribution < -0.4 is 5.73 Å². The minimum Gasteiger partial charge on any atom is -0.385 e. The quantitative estimate of drug-likeness (QED) is 0.396. The van der Waals surface area contributed by atoms with Gasteiger partial charge in [0.05, 0.1) is 0 Å². The number of unbranched alkanes of at least 4 members (excludes halogenated alkanes) is 1. The van der Waals surface area contributed by atoms with E-state index in [1.807, 2.05) is 0 Å². The first-order valence-corrected chi connectivity index (χ1v) is 4.09. The van der Waals surface area contributed by atoms with Crippen LogP contribution in [-0.4, -0.2) is 39.6 Å². The second-order valence-electron chi connectivity index (χ2n) is 1.52. The van der Waals surface area contributed by atoms with Crippen LogP contribution in [0.2, 0.25) is 0 Å². The summed E-state index contributed by atoms with van der Waals surface area (Å²) >= 11 is 6.21. The maximum Gasteiger partial charge on any atom is 0.131 e. The summed E-state index contributed by atoms with van der Waals surface area (Å²) in [5.74, 6) is 1.08. The van der Waals surface area contributed by atoms with Gasteiger partial charge in [0.1, 0.15) is 4.32 Å². The number of thioether (sulfide) groups is 1. The van der Waals surface area contributed by atoms with Crippen molar-refractivity contribution in [3.8, 4) is 0 Å². The number of rotatable bonds is 3. The van der Waals surface area contributed by atoms with Gasteiger partial charge < -0.3 is 5.73 Å². The first-order valence-electron chi connectivity index (χ1n) is 2.69. The van der Waals surface area contributed by atoms with E-state index in [-0.39, 0.29) is 29.6 Å². The SMILES string of the molecule is CCCCSC(N)=S.[Na]. The zero-order chi connectivity index (χ0) is 6.41. The molecule has 0 amide bonds. The minimum atomic E-state index is 0. The van der Waals surface area contributed by atoms with Crippen LogP contribution in [0.25, 0.3) is 0 Å². The van der Waals surface area contributed by atoms with Crippen molar-refractivity contribution in [1.29, 1.82) is 0 Å². The second-order valence-corrected chi connectivity index (χ2v) is 3.36. The largest absolute Gasteiger partial charge is 0.385 e. The Kier molecular flexibility index (Phi) is 13.2. The zero-order valence-electron chi connectivity index (χ0n) is 6.02. The summed E-state index contributed by atoms with van der Waals surface area (Å²) in [5, 5.41) is 0. The molecule has 1 nitrogen and oxygen atoms in total. The molecule has 0 spiro atoms. The van der Waals surface area contributed by atoms with Crippen molar-refractivity contribution in [3.63, 3.8) is 0 Å². The molecule has 0 saturated carbocycles. The van der Waals surface area contributed by atoms with Gasteiger partial charge in [-0.25, -0.2) is 0 Å². The molecule has 0 aliphatic rings. The molecule has 1 radical (unpaired) electrons. The van der Waals surface area contributed by atoms with Gasteiger partial charge in [-0.3, -0.25) is 0 Å². The molecular formula is C5H11NNaS2. The van der Waals surface area contributed by atoms with Gasteiger partial charge in [-0.15, -0.1) is 0 Å². The Balaban J connectivity index is 0. The molecule has 0 saturated heterocycles. The Labute approximate surface area is 88.4 Å². The second kappa shape index (κ2) is 9.24. The molecule has 0 bridgehead atoms. The van der Waals surface area contributed by atoms with Gasteiger partial charge in [0.25, 0.3) is 0 Å². The molecule has 0 heterocycles. The van der Waals surface area contributed by atoms with Crippen molar-refractivity contribution < 1.29 is 0 Å². The maximum absolute atomic E-state index is 5.23. The van der Waals surface area contributed by atoms with Crippen molar-refractivity contribution in [1.82, 2.24) is 0 Å². The predicted molar refractivity (Wildman–Crippen MR) is 49.9 cm³/mol. The van der Waals surface area contributed by atoms with E-state index < -0.39 is 0 Å². The molecule has 0 aliphatic heterocycles. The van der Waals surface area contributed by atoms with Gasteiger partial charge in [-0.1, -0.05) is 37.3 Å². The van der Waals surface area contributed by atoms with Crippen molar-refractivity contribution in [3.05, 3.63) is 0 Å². The van der Waals surface area contributed by atoms with Crippen LogP contribution in [-0.2, 0) is 0 Å². The van der Waals surface area contributed by atoms with Crippen LogP contribution in [0, 0.1) is 0 Å². The molecule has 4 heteroatoms. The van der Waals surface area contributed by atoms with E-state index in [1.165, 1.54) is 12.8 Å². The fraction of sp³-hybridized carbons (Fsp3) is 0.800. The van der Waals surface area contributed by atoms with Crippen molar-refractivity contribution in [2.24, 2.45) is 5.73 Å². The molecular weight excluding hydrogens is 161 g/mol. The maximum atomic E-state index is 5.23. The first kappa shape index (κ1) is 12.9. The van der Waals surface area contributed by atoms with Gasteiger partial charge >= 0.3 is 0 Å². The molecule has 0 aromatic rings. The van der Waals surface area contributed by atoms with E-state index in [0.717, 1.165) is 5.75 Å². The standard InChI is InChI=1S/C5H11NS2.Na/c1-2-3-4-8-5(6)7;/h2-4H2,1H3,(H2,6,7);. The van der Waals surface area contributed by atoms with E-state index in [4.69, 9.17) is 5.73 Å². The molecule has 2 N–H and O–H groups in total. The Hall–Kier alpha value is 1.24. The fourth-order valence-corrected chi connectivity index (χ4v) is 1.20. The van der Waals surface area contributed by atoms with Crippen LogP contribution >= 0.6 is 24.0 Å². The molecule has 0 aromatic carbocycles. The molecule has 0 aliphatic carbocycles. The Bertz CT molecular complexity index is 77.4. The Morgan fingerprint density at radius 3 is 2.56 bits per heavy atom. The summed E-state index contributed by atoms with van der Waals surface area (Å²) < 4.78 is 0.568. The fourth-order valence-electron chi connectivity index (χ4n) is 0.317. The number of nitrogens with two attached hydrogens (primary N) is 1. The third-order valence-corrected chi connectivity index (χ3v) is 1.87. The van der Waals surface area contributed by atoms with Gasteiger partial charge in [0.15, 0.2) is 0 Å². The van der Waals surface area contributed by atoms with E-state index in [0.29, 0.717) is 4.32 Å². The average molecular weight is 172 g/mol. The smallest absolute Gasteiger partial charge is 0.131 e. The Morgan fingerprint density at radius 1 is 1.67 bits per heavy atom. The molecule has 0 rings (SSSR count). The summed E-state index contributed by atoms with van der Waals surface area (Å²) in [6.07, 6.45) is 2.43. The van der Waals surface area contributed by atoms with Gasteiger partial charge in [-0.05, 0) is 6.42 Å². The van der Waals surface area contributed by atoms with Crippen molar-refractivity contribution in [2.45, 2.75) is 19.8 Å². The molecule has 9 heavy (non-hydrogen) atoms. The molecule has 0 aromatic heterocycles. The van der Waals surface area contributed by atoms with Crippen LogP contribution in [0.15, 0.2) is 0 Å².